The van der Waals surface area contributed by atoms with Gasteiger partial charge in [-0.2, -0.15) is 0 Å². The molecule has 3 aromatic rings. The molecule has 0 aromatic carbocycles. The molecule has 3 aromatic heterocycles. The predicted molar refractivity (Wildman–Crippen MR) is 76.0 cm³/mol. The van der Waals surface area contributed by atoms with Crippen LogP contribution in [0.25, 0.3) is 11.0 Å². The monoisotopic (exact) mass is 288 g/mol. The smallest absolute Gasteiger partial charge is 0.278 e. The molecule has 1 N–H and O–H groups in total. The summed E-state index contributed by atoms with van der Waals surface area (Å²) in [6.45, 7) is 1.77. The Balaban J connectivity index is 1.84. The van der Waals surface area contributed by atoms with Crippen molar-refractivity contribution in [2.75, 3.05) is 13.7 Å². The number of hydrogen-bond donors (Lipinski definition) is 1. The molecule has 8 heteroatoms. The normalized spacial score (nSPS) is 11.3. The van der Waals surface area contributed by atoms with E-state index in [1.54, 1.807) is 25.7 Å². The molecule has 0 aliphatic carbocycles. The van der Waals surface area contributed by atoms with E-state index in [1.807, 2.05) is 4.57 Å². The van der Waals surface area contributed by atoms with Gasteiger partial charge >= 0.3 is 0 Å². The molecule has 0 atom stereocenters. The summed E-state index contributed by atoms with van der Waals surface area (Å²) in [6, 6.07) is 1.77. The number of ether oxygens (including phenoxy) is 1. The van der Waals surface area contributed by atoms with Crippen molar-refractivity contribution in [3.05, 3.63) is 41.1 Å². The number of nitrogens with one attached hydrogen (secondary N) is 1. The summed E-state index contributed by atoms with van der Waals surface area (Å²) in [7, 11) is 1.67. The Bertz CT molecular complexity index is 787. The lowest BCUT2D eigenvalue weighted by atomic mass is 10.4. The lowest BCUT2D eigenvalue weighted by molar-refractivity contribution is 0.190. The molecule has 0 aliphatic heterocycles. The Morgan fingerprint density at radius 1 is 1.33 bits per heavy atom. The van der Waals surface area contributed by atoms with Crippen LogP contribution in [-0.2, 0) is 17.8 Å². The van der Waals surface area contributed by atoms with E-state index < -0.39 is 0 Å². The summed E-state index contributed by atoms with van der Waals surface area (Å²) in [6.07, 6.45) is 5.77. The third-order valence-electron chi connectivity index (χ3n) is 3.29. The van der Waals surface area contributed by atoms with Crippen LogP contribution in [0.1, 0.15) is 12.2 Å². The molecule has 3 rings (SSSR count). The van der Waals surface area contributed by atoms with Crippen molar-refractivity contribution < 1.29 is 4.74 Å². The third-order valence-corrected chi connectivity index (χ3v) is 3.29. The van der Waals surface area contributed by atoms with Gasteiger partial charge in [0.05, 0.1) is 18.4 Å². The van der Waals surface area contributed by atoms with Crippen LogP contribution in [0.15, 0.2) is 29.7 Å². The van der Waals surface area contributed by atoms with E-state index in [0.717, 1.165) is 18.8 Å². The Hall–Kier alpha value is -2.48. The van der Waals surface area contributed by atoms with Gasteiger partial charge in [0, 0.05) is 26.5 Å². The number of H-pyrrole nitrogens is 1. The van der Waals surface area contributed by atoms with E-state index >= 15 is 0 Å². The van der Waals surface area contributed by atoms with Gasteiger partial charge in [-0.1, -0.05) is 0 Å². The summed E-state index contributed by atoms with van der Waals surface area (Å²) >= 11 is 0. The summed E-state index contributed by atoms with van der Waals surface area (Å²) < 4.78 is 8.48. The van der Waals surface area contributed by atoms with Crippen LogP contribution in [0.5, 0.6) is 0 Å². The number of aryl methyl sites for hydroxylation is 1. The number of nitrogens with zero attached hydrogens (tertiary/aromatic N) is 5. The SMILES string of the molecule is COCCCn1cnnc1Cn1cnc2cc[nH]c2c1=O. The fourth-order valence-electron chi connectivity index (χ4n) is 2.20. The van der Waals surface area contributed by atoms with E-state index in [9.17, 15) is 4.79 Å². The van der Waals surface area contributed by atoms with Gasteiger partial charge in [-0.15, -0.1) is 10.2 Å². The van der Waals surface area contributed by atoms with Crippen LogP contribution in [0.4, 0.5) is 0 Å². The van der Waals surface area contributed by atoms with Gasteiger partial charge in [-0.05, 0) is 12.5 Å². The van der Waals surface area contributed by atoms with Gasteiger partial charge in [0.25, 0.3) is 5.56 Å². The highest BCUT2D eigenvalue weighted by atomic mass is 16.5. The van der Waals surface area contributed by atoms with Crippen LogP contribution < -0.4 is 5.56 Å². The zero-order valence-electron chi connectivity index (χ0n) is 11.7. The lowest BCUT2D eigenvalue weighted by Gasteiger charge is -2.07. The first-order valence-corrected chi connectivity index (χ1v) is 6.67. The number of aromatic amines is 1. The molecule has 110 valence electrons. The molecule has 0 fully saturated rings. The molecule has 0 spiro atoms. The molecule has 0 saturated heterocycles. The van der Waals surface area contributed by atoms with E-state index in [-0.39, 0.29) is 5.56 Å². The number of fused-ring (bicyclic) bond motifs is 1. The van der Waals surface area contributed by atoms with Crippen LogP contribution >= 0.6 is 0 Å². The number of methoxy groups -OCH3 is 1. The first-order chi connectivity index (χ1) is 10.3. The van der Waals surface area contributed by atoms with Crippen LogP contribution in [0.2, 0.25) is 0 Å². The summed E-state index contributed by atoms with van der Waals surface area (Å²) in [5.74, 6) is 0.723. The fraction of sp³-hybridized carbons (Fsp3) is 0.385. The molecule has 0 aliphatic rings. The number of rotatable bonds is 6. The van der Waals surface area contributed by atoms with Crippen LogP contribution in [-0.4, -0.2) is 43.0 Å². The van der Waals surface area contributed by atoms with Crippen molar-refractivity contribution in [1.29, 1.82) is 0 Å². The second kappa shape index (κ2) is 5.88. The highest BCUT2D eigenvalue weighted by Crippen LogP contribution is 2.04. The van der Waals surface area contributed by atoms with E-state index in [1.165, 1.54) is 10.9 Å². The molecule has 0 amide bonds. The van der Waals surface area contributed by atoms with Crippen molar-refractivity contribution in [2.45, 2.75) is 19.5 Å². The second-order valence-corrected chi connectivity index (χ2v) is 4.70. The Morgan fingerprint density at radius 3 is 3.10 bits per heavy atom. The van der Waals surface area contributed by atoms with Crippen molar-refractivity contribution in [3.8, 4) is 0 Å². The first-order valence-electron chi connectivity index (χ1n) is 6.67. The largest absolute Gasteiger partial charge is 0.385 e. The molecular weight excluding hydrogens is 272 g/mol. The Labute approximate surface area is 120 Å². The topological polar surface area (TPSA) is 90.6 Å². The van der Waals surface area contributed by atoms with Crippen molar-refractivity contribution in [3.63, 3.8) is 0 Å². The quantitative estimate of drug-likeness (QED) is 0.663. The van der Waals surface area contributed by atoms with Gasteiger partial charge in [0.1, 0.15) is 11.8 Å². The minimum Gasteiger partial charge on any atom is -0.385 e. The van der Waals surface area contributed by atoms with Gasteiger partial charge in [-0.3, -0.25) is 9.36 Å². The zero-order valence-corrected chi connectivity index (χ0v) is 11.7. The molecule has 0 bridgehead atoms. The fourth-order valence-corrected chi connectivity index (χ4v) is 2.20. The third kappa shape index (κ3) is 2.70. The van der Waals surface area contributed by atoms with Gasteiger partial charge < -0.3 is 14.3 Å². The minimum atomic E-state index is -0.114. The van der Waals surface area contributed by atoms with Gasteiger partial charge in [-0.25, -0.2) is 4.98 Å². The molecule has 21 heavy (non-hydrogen) atoms. The summed E-state index contributed by atoms with van der Waals surface area (Å²) in [5, 5.41) is 7.98. The number of hydrogen-bond acceptors (Lipinski definition) is 5. The van der Waals surface area contributed by atoms with E-state index in [0.29, 0.717) is 24.2 Å². The maximum absolute atomic E-state index is 12.3. The van der Waals surface area contributed by atoms with E-state index in [2.05, 4.69) is 20.2 Å². The average molecular weight is 288 g/mol. The number of aromatic nitrogens is 6. The standard InChI is InChI=1S/C13H16N6O2/c1-21-6-2-5-18-9-16-17-11(18)7-19-8-15-10-3-4-14-12(10)13(19)20/h3-4,8-9,14H,2,5-7H2,1H3. The van der Waals surface area contributed by atoms with Crippen molar-refractivity contribution in [1.82, 2.24) is 29.3 Å². The maximum atomic E-state index is 12.3. The summed E-state index contributed by atoms with van der Waals surface area (Å²) in [4.78, 5) is 19.5. The minimum absolute atomic E-state index is 0.114. The van der Waals surface area contributed by atoms with Crippen molar-refractivity contribution in [2.24, 2.45) is 0 Å². The van der Waals surface area contributed by atoms with Crippen LogP contribution in [0, 0.1) is 0 Å². The zero-order chi connectivity index (χ0) is 14.7. The summed E-state index contributed by atoms with van der Waals surface area (Å²) in [5.41, 5.74) is 1.05. The first kappa shape index (κ1) is 13.5. The molecule has 0 unspecified atom stereocenters. The molecule has 0 saturated carbocycles. The highest BCUT2D eigenvalue weighted by molar-refractivity contribution is 5.73. The highest BCUT2D eigenvalue weighted by Gasteiger charge is 2.09. The van der Waals surface area contributed by atoms with E-state index in [4.69, 9.17) is 4.74 Å². The molecule has 8 nitrogen and oxygen atoms in total. The molecular formula is C13H16N6O2. The lowest BCUT2D eigenvalue weighted by Crippen LogP contribution is -2.23. The molecule has 3 heterocycles. The Morgan fingerprint density at radius 2 is 2.24 bits per heavy atom. The molecule has 0 radical (unpaired) electrons. The van der Waals surface area contributed by atoms with Gasteiger partial charge in [0.15, 0.2) is 5.82 Å². The van der Waals surface area contributed by atoms with Crippen molar-refractivity contribution >= 4 is 11.0 Å². The second-order valence-electron chi connectivity index (χ2n) is 4.70. The predicted octanol–water partition coefficient (Wildman–Crippen LogP) is 0.401. The Kier molecular flexibility index (Phi) is 3.78. The van der Waals surface area contributed by atoms with Crippen LogP contribution in [0.3, 0.4) is 0 Å². The van der Waals surface area contributed by atoms with Gasteiger partial charge in [0.2, 0.25) is 0 Å². The average Bonchev–Trinajstić information content (AvgIpc) is 3.12. The maximum Gasteiger partial charge on any atom is 0.278 e.